The van der Waals surface area contributed by atoms with Gasteiger partial charge in [0.1, 0.15) is 11.9 Å². The van der Waals surface area contributed by atoms with Gasteiger partial charge in [0.15, 0.2) is 0 Å². The summed E-state index contributed by atoms with van der Waals surface area (Å²) in [6, 6.07) is -0.390. The van der Waals surface area contributed by atoms with Crippen LogP contribution in [0.3, 0.4) is 0 Å². The van der Waals surface area contributed by atoms with Crippen LogP contribution in [-0.2, 0) is 23.2 Å². The second kappa shape index (κ2) is 5.58. The first-order chi connectivity index (χ1) is 9.10. The number of rotatable bonds is 3. The van der Waals surface area contributed by atoms with Crippen LogP contribution >= 0.6 is 0 Å². The lowest BCUT2D eigenvalue weighted by Crippen LogP contribution is -2.54. The first-order valence-electron chi connectivity index (χ1n) is 6.29. The third-order valence-corrected chi connectivity index (χ3v) is 3.42. The van der Waals surface area contributed by atoms with E-state index in [1.54, 1.807) is 11.7 Å². The first-order valence-corrected chi connectivity index (χ1v) is 6.29. The van der Waals surface area contributed by atoms with Crippen molar-refractivity contribution >= 4 is 11.7 Å². The molecule has 2 rings (SSSR count). The van der Waals surface area contributed by atoms with E-state index in [4.69, 9.17) is 4.74 Å². The van der Waals surface area contributed by atoms with E-state index in [2.05, 4.69) is 10.4 Å². The van der Waals surface area contributed by atoms with Crippen LogP contribution in [0.1, 0.15) is 11.3 Å². The third-order valence-electron chi connectivity index (χ3n) is 3.42. The molecule has 1 amide bonds. The number of aryl methyl sites for hydroxylation is 2. The number of ether oxygens (including phenoxy) is 1. The summed E-state index contributed by atoms with van der Waals surface area (Å²) in [5, 5.41) is 16.5. The maximum absolute atomic E-state index is 11.9. The fourth-order valence-corrected chi connectivity index (χ4v) is 2.48. The Labute approximate surface area is 112 Å². The molecule has 0 spiro atoms. The summed E-state index contributed by atoms with van der Waals surface area (Å²) in [4.78, 5) is 13.9. The summed E-state index contributed by atoms with van der Waals surface area (Å²) >= 11 is 0. The highest BCUT2D eigenvalue weighted by Crippen LogP contribution is 2.26. The van der Waals surface area contributed by atoms with E-state index < -0.39 is 0 Å². The van der Waals surface area contributed by atoms with Gasteiger partial charge >= 0.3 is 0 Å². The normalized spacial score (nSPS) is 19.6. The summed E-state index contributed by atoms with van der Waals surface area (Å²) < 4.78 is 7.09. The summed E-state index contributed by atoms with van der Waals surface area (Å²) in [5.74, 6) is 0.694. The minimum atomic E-state index is -0.390. The molecular weight excluding hydrogens is 248 g/mol. The van der Waals surface area contributed by atoms with Gasteiger partial charge in [-0.15, -0.1) is 0 Å². The zero-order chi connectivity index (χ0) is 14.0. The maximum atomic E-state index is 11.9. The molecule has 0 radical (unpaired) electrons. The molecule has 2 heterocycles. The third kappa shape index (κ3) is 2.43. The average Bonchev–Trinajstić information content (AvgIpc) is 2.71. The van der Waals surface area contributed by atoms with Gasteiger partial charge in [0, 0.05) is 26.2 Å². The Hall–Kier alpha value is -1.60. The molecule has 7 nitrogen and oxygen atoms in total. The molecule has 19 heavy (non-hydrogen) atoms. The van der Waals surface area contributed by atoms with Crippen molar-refractivity contribution in [3.63, 3.8) is 0 Å². The van der Waals surface area contributed by atoms with Crippen molar-refractivity contribution in [2.24, 2.45) is 7.05 Å². The van der Waals surface area contributed by atoms with E-state index >= 15 is 0 Å². The van der Waals surface area contributed by atoms with Crippen LogP contribution in [0.4, 0.5) is 5.82 Å². The largest absolute Gasteiger partial charge is 0.391 e. The summed E-state index contributed by atoms with van der Waals surface area (Å²) in [7, 11) is 3.43. The van der Waals surface area contributed by atoms with E-state index in [-0.39, 0.29) is 18.6 Å². The molecule has 0 saturated carbocycles. The van der Waals surface area contributed by atoms with Gasteiger partial charge in [-0.1, -0.05) is 0 Å². The van der Waals surface area contributed by atoms with E-state index in [1.165, 1.54) is 0 Å². The quantitative estimate of drug-likeness (QED) is 0.748. The Morgan fingerprint density at radius 1 is 1.63 bits per heavy atom. The lowest BCUT2D eigenvalue weighted by Gasteiger charge is -2.36. The molecule has 0 bridgehead atoms. The SMILES string of the molecule is CNC(=O)C1COCCN1c1c(CO)c(C)nn1C. The Morgan fingerprint density at radius 3 is 3.00 bits per heavy atom. The number of hydrogen-bond acceptors (Lipinski definition) is 5. The number of morpholine rings is 1. The predicted octanol–water partition coefficient (Wildman–Crippen LogP) is -0.828. The molecule has 1 saturated heterocycles. The van der Waals surface area contributed by atoms with Crippen molar-refractivity contribution in [1.82, 2.24) is 15.1 Å². The van der Waals surface area contributed by atoms with Crippen molar-refractivity contribution in [3.05, 3.63) is 11.3 Å². The molecule has 106 valence electrons. The highest BCUT2D eigenvalue weighted by Gasteiger charge is 2.32. The van der Waals surface area contributed by atoms with Gasteiger partial charge < -0.3 is 20.1 Å². The van der Waals surface area contributed by atoms with Gasteiger partial charge in [0.25, 0.3) is 0 Å². The van der Waals surface area contributed by atoms with Crippen LogP contribution < -0.4 is 10.2 Å². The molecule has 1 aromatic rings. The van der Waals surface area contributed by atoms with Crippen LogP contribution in [0.25, 0.3) is 0 Å². The minimum Gasteiger partial charge on any atom is -0.391 e. The Kier molecular flexibility index (Phi) is 4.06. The number of carbonyl (C=O) groups excluding carboxylic acids is 1. The lowest BCUT2D eigenvalue weighted by molar-refractivity contribution is -0.124. The monoisotopic (exact) mass is 268 g/mol. The van der Waals surface area contributed by atoms with Crippen LogP contribution in [0, 0.1) is 6.92 Å². The van der Waals surface area contributed by atoms with Crippen LogP contribution in [0.15, 0.2) is 0 Å². The smallest absolute Gasteiger partial charge is 0.244 e. The Bertz CT molecular complexity index is 472. The fraction of sp³-hybridized carbons (Fsp3) is 0.667. The number of anilines is 1. The molecular formula is C12H20N4O3. The van der Waals surface area contributed by atoms with Crippen LogP contribution in [0.5, 0.6) is 0 Å². The standard InChI is InChI=1S/C12H20N4O3/c1-8-9(6-17)12(15(3)14-8)16-4-5-19-7-10(16)11(18)13-2/h10,17H,4-7H2,1-3H3,(H,13,18). The molecule has 1 unspecified atom stereocenters. The highest BCUT2D eigenvalue weighted by molar-refractivity contribution is 5.85. The van der Waals surface area contributed by atoms with Crippen molar-refractivity contribution in [2.45, 2.75) is 19.6 Å². The number of likely N-dealkylation sites (N-methyl/N-ethyl adjacent to an activating group) is 1. The van der Waals surface area contributed by atoms with E-state index in [1.807, 2.05) is 18.9 Å². The van der Waals surface area contributed by atoms with Crippen LogP contribution in [-0.4, -0.2) is 53.6 Å². The second-order valence-electron chi connectivity index (χ2n) is 4.57. The van der Waals surface area contributed by atoms with Gasteiger partial charge in [0.05, 0.1) is 25.5 Å². The minimum absolute atomic E-state index is 0.0904. The van der Waals surface area contributed by atoms with Gasteiger partial charge in [0.2, 0.25) is 5.91 Å². The number of nitrogens with zero attached hydrogens (tertiary/aromatic N) is 3. The zero-order valence-electron chi connectivity index (χ0n) is 11.5. The number of carbonyl (C=O) groups is 1. The van der Waals surface area contributed by atoms with Gasteiger partial charge in [-0.2, -0.15) is 5.10 Å². The molecule has 0 aliphatic carbocycles. The van der Waals surface area contributed by atoms with Gasteiger partial charge in [-0.3, -0.25) is 9.48 Å². The topological polar surface area (TPSA) is 79.6 Å². The predicted molar refractivity (Wildman–Crippen MR) is 69.9 cm³/mol. The number of hydrogen-bond donors (Lipinski definition) is 2. The zero-order valence-corrected chi connectivity index (χ0v) is 11.5. The van der Waals surface area contributed by atoms with Crippen LogP contribution in [0.2, 0.25) is 0 Å². The van der Waals surface area contributed by atoms with Crippen molar-refractivity contribution in [3.8, 4) is 0 Å². The average molecular weight is 268 g/mol. The molecule has 0 aromatic carbocycles. The number of nitrogens with one attached hydrogen (secondary N) is 1. The molecule has 2 N–H and O–H groups in total. The maximum Gasteiger partial charge on any atom is 0.244 e. The highest BCUT2D eigenvalue weighted by atomic mass is 16.5. The van der Waals surface area contributed by atoms with Gasteiger partial charge in [-0.25, -0.2) is 0 Å². The molecule has 1 atom stereocenters. The fourth-order valence-electron chi connectivity index (χ4n) is 2.48. The van der Waals surface area contributed by atoms with Gasteiger partial charge in [-0.05, 0) is 6.92 Å². The number of aromatic nitrogens is 2. The lowest BCUT2D eigenvalue weighted by atomic mass is 10.1. The second-order valence-corrected chi connectivity index (χ2v) is 4.57. The molecule has 7 heteroatoms. The van der Waals surface area contributed by atoms with E-state index in [0.717, 1.165) is 17.1 Å². The van der Waals surface area contributed by atoms with Crippen molar-refractivity contribution in [2.75, 3.05) is 31.7 Å². The van der Waals surface area contributed by atoms with E-state index in [9.17, 15) is 9.90 Å². The molecule has 1 fully saturated rings. The molecule has 1 aromatic heterocycles. The van der Waals surface area contributed by atoms with E-state index in [0.29, 0.717) is 19.8 Å². The van der Waals surface area contributed by atoms with Crippen molar-refractivity contribution in [1.29, 1.82) is 0 Å². The number of aliphatic hydroxyl groups excluding tert-OH is 1. The summed E-state index contributed by atoms with van der Waals surface area (Å²) in [6.07, 6.45) is 0. The molecule has 1 aliphatic heterocycles. The van der Waals surface area contributed by atoms with Crippen molar-refractivity contribution < 1.29 is 14.6 Å². The number of amides is 1. The Morgan fingerprint density at radius 2 is 2.37 bits per heavy atom. The summed E-state index contributed by atoms with van der Waals surface area (Å²) in [6.45, 7) is 3.26. The Balaban J connectivity index is 2.40. The molecule has 1 aliphatic rings. The number of aliphatic hydroxyl groups is 1. The summed E-state index contributed by atoms with van der Waals surface area (Å²) in [5.41, 5.74) is 1.54. The first kappa shape index (κ1) is 13.8.